The van der Waals surface area contributed by atoms with Gasteiger partial charge in [-0.15, -0.1) is 0 Å². The Bertz CT molecular complexity index is 838. The van der Waals surface area contributed by atoms with Gasteiger partial charge < -0.3 is 19.7 Å². The van der Waals surface area contributed by atoms with E-state index < -0.39 is 0 Å². The third kappa shape index (κ3) is 6.23. The second-order valence-electron chi connectivity index (χ2n) is 7.65. The number of nitrogens with one attached hydrogen (secondary N) is 1. The fourth-order valence-corrected chi connectivity index (χ4v) is 4.49. The molecular weight excluding hydrogens is 400 g/mol. The molecule has 0 aliphatic carbocycles. The van der Waals surface area contributed by atoms with Gasteiger partial charge in [-0.05, 0) is 59.7 Å². The van der Waals surface area contributed by atoms with Crippen molar-refractivity contribution in [2.45, 2.75) is 38.6 Å². The van der Waals surface area contributed by atoms with E-state index in [9.17, 15) is 9.59 Å². The number of nitrogens with zero attached hydrogens (tertiary/aromatic N) is 1. The molecule has 162 valence electrons. The van der Waals surface area contributed by atoms with Crippen LogP contribution in [0.25, 0.3) is 0 Å². The molecule has 30 heavy (non-hydrogen) atoms. The van der Waals surface area contributed by atoms with Crippen LogP contribution in [0, 0.1) is 5.92 Å². The molecule has 3 rings (SSSR count). The first kappa shape index (κ1) is 22.2. The van der Waals surface area contributed by atoms with E-state index in [1.807, 2.05) is 39.9 Å². The number of carbonyl (C=O) groups excluding carboxylic acids is 2. The Morgan fingerprint density at radius 1 is 1.23 bits per heavy atom. The number of likely N-dealkylation sites (tertiary alicyclic amines) is 1. The molecule has 1 aromatic heterocycles. The van der Waals surface area contributed by atoms with Gasteiger partial charge in [0.05, 0.1) is 20.6 Å². The van der Waals surface area contributed by atoms with E-state index in [-0.39, 0.29) is 11.8 Å². The largest absolute Gasteiger partial charge is 0.497 e. The summed E-state index contributed by atoms with van der Waals surface area (Å²) in [4.78, 5) is 26.9. The van der Waals surface area contributed by atoms with Gasteiger partial charge in [-0.1, -0.05) is 0 Å². The molecule has 1 aliphatic heterocycles. The van der Waals surface area contributed by atoms with E-state index in [0.29, 0.717) is 31.1 Å². The number of methoxy groups -OCH3 is 2. The number of rotatable bonds is 9. The highest BCUT2D eigenvalue weighted by Crippen LogP contribution is 2.25. The molecule has 2 aromatic rings. The van der Waals surface area contributed by atoms with Gasteiger partial charge in [0.25, 0.3) is 0 Å². The Hall–Kier alpha value is -2.54. The summed E-state index contributed by atoms with van der Waals surface area (Å²) >= 11 is 1.62. The van der Waals surface area contributed by atoms with Gasteiger partial charge in [0.2, 0.25) is 11.8 Å². The van der Waals surface area contributed by atoms with Crippen molar-refractivity contribution in [3.05, 3.63) is 46.2 Å². The van der Waals surface area contributed by atoms with E-state index in [1.165, 1.54) is 0 Å². The van der Waals surface area contributed by atoms with Crippen molar-refractivity contribution in [1.82, 2.24) is 10.2 Å². The van der Waals surface area contributed by atoms with Crippen molar-refractivity contribution in [2.24, 2.45) is 5.92 Å². The van der Waals surface area contributed by atoms with Crippen LogP contribution in [-0.2, 0) is 22.6 Å². The van der Waals surface area contributed by atoms with Crippen molar-refractivity contribution in [1.29, 1.82) is 0 Å². The van der Waals surface area contributed by atoms with E-state index in [4.69, 9.17) is 9.47 Å². The SMILES string of the molecule is COc1ccc(CNC(=O)CC[C@H]2CCCN(C(=O)Cc3ccsc3)C2)c(OC)c1. The van der Waals surface area contributed by atoms with Crippen LogP contribution in [-0.4, -0.2) is 44.0 Å². The van der Waals surface area contributed by atoms with Gasteiger partial charge in [-0.3, -0.25) is 9.59 Å². The van der Waals surface area contributed by atoms with Crippen molar-refractivity contribution in [3.8, 4) is 11.5 Å². The predicted molar refractivity (Wildman–Crippen MR) is 118 cm³/mol. The van der Waals surface area contributed by atoms with E-state index >= 15 is 0 Å². The van der Waals surface area contributed by atoms with Crippen LogP contribution in [0.1, 0.15) is 36.8 Å². The number of amides is 2. The summed E-state index contributed by atoms with van der Waals surface area (Å²) in [5, 5.41) is 7.01. The topological polar surface area (TPSA) is 67.9 Å². The summed E-state index contributed by atoms with van der Waals surface area (Å²) in [6.45, 7) is 1.99. The molecule has 0 bridgehead atoms. The number of piperidine rings is 1. The van der Waals surface area contributed by atoms with Crippen LogP contribution in [0.3, 0.4) is 0 Å². The maximum Gasteiger partial charge on any atom is 0.227 e. The predicted octanol–water partition coefficient (Wildman–Crippen LogP) is 3.64. The highest BCUT2D eigenvalue weighted by atomic mass is 32.1. The molecule has 1 N–H and O–H groups in total. The minimum absolute atomic E-state index is 0.0228. The lowest BCUT2D eigenvalue weighted by atomic mass is 9.93. The Labute approximate surface area is 182 Å². The number of carbonyl (C=O) groups is 2. The summed E-state index contributed by atoms with van der Waals surface area (Å²) < 4.78 is 10.6. The first-order valence-electron chi connectivity index (χ1n) is 10.4. The van der Waals surface area contributed by atoms with Gasteiger partial charge in [0.15, 0.2) is 0 Å². The van der Waals surface area contributed by atoms with Crippen LogP contribution in [0.4, 0.5) is 0 Å². The van der Waals surface area contributed by atoms with Crippen molar-refractivity contribution in [2.75, 3.05) is 27.3 Å². The molecule has 1 fully saturated rings. The summed E-state index contributed by atoms with van der Waals surface area (Å²) in [7, 11) is 3.22. The third-order valence-electron chi connectivity index (χ3n) is 5.56. The number of thiophene rings is 1. The molecule has 2 amide bonds. The minimum atomic E-state index is 0.0228. The number of ether oxygens (including phenoxy) is 2. The molecule has 1 aromatic carbocycles. The van der Waals surface area contributed by atoms with Crippen LogP contribution in [0.15, 0.2) is 35.0 Å². The second kappa shape index (κ2) is 11.0. The molecule has 0 spiro atoms. The van der Waals surface area contributed by atoms with E-state index in [0.717, 1.165) is 49.2 Å². The molecule has 0 saturated carbocycles. The lowest BCUT2D eigenvalue weighted by molar-refractivity contribution is -0.132. The first-order chi connectivity index (χ1) is 14.6. The van der Waals surface area contributed by atoms with Crippen LogP contribution in [0.5, 0.6) is 11.5 Å². The average molecular weight is 431 g/mol. The van der Waals surface area contributed by atoms with Crippen molar-refractivity contribution < 1.29 is 19.1 Å². The van der Waals surface area contributed by atoms with Gasteiger partial charge in [0, 0.05) is 37.7 Å². The molecule has 1 aliphatic rings. The molecule has 7 heteroatoms. The standard InChI is InChI=1S/C23H30N2O4S/c1-28-20-7-6-19(21(13-20)29-2)14-24-22(26)8-5-17-4-3-10-25(15-17)23(27)12-18-9-11-30-16-18/h6-7,9,11,13,16-17H,3-5,8,10,12,14-15H2,1-2H3,(H,24,26)/t17-/m1/s1. The Balaban J connectivity index is 1.42. The molecule has 2 heterocycles. The normalized spacial score (nSPS) is 16.2. The fraction of sp³-hybridized carbons (Fsp3) is 0.478. The smallest absolute Gasteiger partial charge is 0.227 e. The quantitative estimate of drug-likeness (QED) is 0.660. The maximum atomic E-state index is 12.5. The van der Waals surface area contributed by atoms with Crippen LogP contribution < -0.4 is 14.8 Å². The van der Waals surface area contributed by atoms with Gasteiger partial charge >= 0.3 is 0 Å². The van der Waals surface area contributed by atoms with Crippen molar-refractivity contribution in [3.63, 3.8) is 0 Å². The lowest BCUT2D eigenvalue weighted by Gasteiger charge is -2.32. The summed E-state index contributed by atoms with van der Waals surface area (Å²) in [5.41, 5.74) is 2.00. The summed E-state index contributed by atoms with van der Waals surface area (Å²) in [6, 6.07) is 7.57. The molecule has 6 nitrogen and oxygen atoms in total. The molecule has 1 saturated heterocycles. The molecule has 0 unspecified atom stereocenters. The monoisotopic (exact) mass is 430 g/mol. The van der Waals surface area contributed by atoms with Gasteiger partial charge in [-0.25, -0.2) is 0 Å². The first-order valence-corrected chi connectivity index (χ1v) is 11.3. The lowest BCUT2D eigenvalue weighted by Crippen LogP contribution is -2.41. The average Bonchev–Trinajstić information content (AvgIpc) is 3.29. The van der Waals surface area contributed by atoms with E-state index in [2.05, 4.69) is 5.32 Å². The maximum absolute atomic E-state index is 12.5. The summed E-state index contributed by atoms with van der Waals surface area (Å²) in [5.74, 6) is 2.01. The minimum Gasteiger partial charge on any atom is -0.497 e. The number of hydrogen-bond acceptors (Lipinski definition) is 5. The second-order valence-corrected chi connectivity index (χ2v) is 8.43. The highest BCUT2D eigenvalue weighted by molar-refractivity contribution is 7.08. The fourth-order valence-electron chi connectivity index (χ4n) is 3.82. The van der Waals surface area contributed by atoms with Crippen LogP contribution >= 0.6 is 11.3 Å². The van der Waals surface area contributed by atoms with Gasteiger partial charge in [-0.2, -0.15) is 11.3 Å². The third-order valence-corrected chi connectivity index (χ3v) is 6.29. The summed E-state index contributed by atoms with van der Waals surface area (Å²) in [6.07, 6.45) is 3.82. The molecule has 1 atom stereocenters. The zero-order chi connectivity index (χ0) is 21.3. The van der Waals surface area contributed by atoms with E-state index in [1.54, 1.807) is 25.6 Å². The zero-order valence-corrected chi connectivity index (χ0v) is 18.5. The van der Waals surface area contributed by atoms with Gasteiger partial charge in [0.1, 0.15) is 11.5 Å². The zero-order valence-electron chi connectivity index (χ0n) is 17.7. The molecule has 0 radical (unpaired) electrons. The Kier molecular flexibility index (Phi) is 8.13. The number of benzene rings is 1. The Morgan fingerprint density at radius 3 is 2.83 bits per heavy atom. The van der Waals surface area contributed by atoms with Crippen molar-refractivity contribution >= 4 is 23.2 Å². The molecular formula is C23H30N2O4S. The highest BCUT2D eigenvalue weighted by Gasteiger charge is 2.24. The van der Waals surface area contributed by atoms with Crippen LogP contribution in [0.2, 0.25) is 0 Å². The number of hydrogen-bond donors (Lipinski definition) is 1. The Morgan fingerprint density at radius 2 is 2.10 bits per heavy atom.